The minimum atomic E-state index is -3.63. The van der Waals surface area contributed by atoms with Crippen LogP contribution in [0.3, 0.4) is 0 Å². The monoisotopic (exact) mass is 435 g/mol. The van der Waals surface area contributed by atoms with Gasteiger partial charge in [-0.1, -0.05) is 60.7 Å². The number of hydrogen-bond acceptors (Lipinski definition) is 4. The third kappa shape index (κ3) is 4.54. The number of rotatable bonds is 6. The number of benzene rings is 3. The van der Waals surface area contributed by atoms with E-state index in [0.29, 0.717) is 26.2 Å². The van der Waals surface area contributed by atoms with E-state index in [4.69, 9.17) is 5.73 Å². The number of piperazine rings is 1. The standard InChI is InChI=1S/C24H25N3O3S/c25-24(28)21-11-13-22(14-12-21)31(29,30)27-17-15-26(16-18-27)23(19-7-3-1-4-8-19)20-9-5-2-6-10-20/h1-14,23H,15-18H2,(H2,25,28). The number of nitrogens with two attached hydrogens (primary N) is 1. The molecule has 6 nitrogen and oxygen atoms in total. The fourth-order valence-corrected chi connectivity index (χ4v) is 5.45. The average molecular weight is 436 g/mol. The van der Waals surface area contributed by atoms with Crippen LogP contribution in [-0.4, -0.2) is 49.7 Å². The second-order valence-corrected chi connectivity index (χ2v) is 9.49. The normalized spacial score (nSPS) is 15.8. The molecule has 1 amide bonds. The van der Waals surface area contributed by atoms with Gasteiger partial charge >= 0.3 is 0 Å². The molecule has 1 aliphatic rings. The fourth-order valence-electron chi connectivity index (χ4n) is 4.03. The highest BCUT2D eigenvalue weighted by molar-refractivity contribution is 7.89. The van der Waals surface area contributed by atoms with Crippen molar-refractivity contribution in [2.24, 2.45) is 5.73 Å². The molecule has 1 heterocycles. The van der Waals surface area contributed by atoms with E-state index in [1.165, 1.54) is 39.7 Å². The first kappa shape index (κ1) is 21.2. The van der Waals surface area contributed by atoms with Gasteiger partial charge in [-0.25, -0.2) is 8.42 Å². The van der Waals surface area contributed by atoms with Crippen molar-refractivity contribution in [1.29, 1.82) is 0 Å². The lowest BCUT2D eigenvalue weighted by Gasteiger charge is -2.39. The first-order valence-electron chi connectivity index (χ1n) is 10.2. The topological polar surface area (TPSA) is 83.7 Å². The van der Waals surface area contributed by atoms with E-state index in [9.17, 15) is 13.2 Å². The van der Waals surface area contributed by atoms with E-state index in [2.05, 4.69) is 29.2 Å². The highest BCUT2D eigenvalue weighted by Crippen LogP contribution is 2.30. The van der Waals surface area contributed by atoms with Crippen LogP contribution in [0.1, 0.15) is 27.5 Å². The fraction of sp³-hybridized carbons (Fsp3) is 0.208. The number of hydrogen-bond donors (Lipinski definition) is 1. The molecule has 3 aromatic rings. The third-order valence-corrected chi connectivity index (χ3v) is 7.56. The van der Waals surface area contributed by atoms with Gasteiger partial charge in [0.15, 0.2) is 0 Å². The molecule has 1 saturated heterocycles. The predicted molar refractivity (Wildman–Crippen MR) is 120 cm³/mol. The van der Waals surface area contributed by atoms with Gasteiger partial charge in [-0.3, -0.25) is 9.69 Å². The first-order chi connectivity index (χ1) is 15.0. The number of carbonyl (C=O) groups is 1. The van der Waals surface area contributed by atoms with Gasteiger partial charge in [-0.15, -0.1) is 0 Å². The van der Waals surface area contributed by atoms with Crippen molar-refractivity contribution < 1.29 is 13.2 Å². The Morgan fingerprint density at radius 2 is 1.23 bits per heavy atom. The van der Waals surface area contributed by atoms with Gasteiger partial charge in [0.25, 0.3) is 0 Å². The summed E-state index contributed by atoms with van der Waals surface area (Å²) >= 11 is 0. The predicted octanol–water partition coefficient (Wildman–Crippen LogP) is 2.88. The zero-order valence-electron chi connectivity index (χ0n) is 17.1. The zero-order valence-corrected chi connectivity index (χ0v) is 17.9. The van der Waals surface area contributed by atoms with E-state index in [1.807, 2.05) is 36.4 Å². The van der Waals surface area contributed by atoms with Crippen molar-refractivity contribution >= 4 is 15.9 Å². The number of carbonyl (C=O) groups excluding carboxylic acids is 1. The maximum absolute atomic E-state index is 13.1. The van der Waals surface area contributed by atoms with E-state index in [-0.39, 0.29) is 16.5 Å². The van der Waals surface area contributed by atoms with E-state index in [0.717, 1.165) is 0 Å². The molecule has 2 N–H and O–H groups in total. The molecule has 3 aromatic carbocycles. The summed E-state index contributed by atoms with van der Waals surface area (Å²) in [6, 6.07) is 26.4. The molecule has 0 radical (unpaired) electrons. The SMILES string of the molecule is NC(=O)c1ccc(S(=O)(=O)N2CCN(C(c3ccccc3)c3ccccc3)CC2)cc1. The Labute approximate surface area is 183 Å². The first-order valence-corrected chi connectivity index (χ1v) is 11.6. The lowest BCUT2D eigenvalue weighted by Crippen LogP contribution is -2.49. The molecule has 160 valence electrons. The van der Waals surface area contributed by atoms with Crippen LogP contribution in [-0.2, 0) is 10.0 Å². The second kappa shape index (κ2) is 9.01. The molecule has 1 aliphatic heterocycles. The Kier molecular flexibility index (Phi) is 6.18. The van der Waals surface area contributed by atoms with Crippen molar-refractivity contribution in [2.75, 3.05) is 26.2 Å². The molecule has 0 spiro atoms. The van der Waals surface area contributed by atoms with Gasteiger partial charge in [-0.05, 0) is 35.4 Å². The van der Waals surface area contributed by atoms with Crippen molar-refractivity contribution in [3.63, 3.8) is 0 Å². The molecule has 0 unspecified atom stereocenters. The number of nitrogens with zero attached hydrogens (tertiary/aromatic N) is 2. The third-order valence-electron chi connectivity index (χ3n) is 5.65. The molecule has 4 rings (SSSR count). The minimum Gasteiger partial charge on any atom is -0.366 e. The Morgan fingerprint density at radius 3 is 1.68 bits per heavy atom. The van der Waals surface area contributed by atoms with Crippen LogP contribution in [0.4, 0.5) is 0 Å². The van der Waals surface area contributed by atoms with E-state index >= 15 is 0 Å². The summed E-state index contributed by atoms with van der Waals surface area (Å²) in [5, 5.41) is 0. The van der Waals surface area contributed by atoms with Crippen molar-refractivity contribution in [1.82, 2.24) is 9.21 Å². The zero-order chi connectivity index (χ0) is 21.8. The molecule has 0 saturated carbocycles. The number of amides is 1. The van der Waals surface area contributed by atoms with Gasteiger partial charge in [0.05, 0.1) is 10.9 Å². The second-order valence-electron chi connectivity index (χ2n) is 7.55. The van der Waals surface area contributed by atoms with Crippen LogP contribution in [0.15, 0.2) is 89.8 Å². The summed E-state index contributed by atoms with van der Waals surface area (Å²) in [4.78, 5) is 13.8. The van der Waals surface area contributed by atoms with Gasteiger partial charge in [-0.2, -0.15) is 4.31 Å². The van der Waals surface area contributed by atoms with Gasteiger partial charge in [0.2, 0.25) is 15.9 Å². The van der Waals surface area contributed by atoms with Crippen LogP contribution in [0.25, 0.3) is 0 Å². The average Bonchev–Trinajstić information content (AvgIpc) is 2.81. The quantitative estimate of drug-likeness (QED) is 0.645. The minimum absolute atomic E-state index is 0.0714. The molecule has 0 aromatic heterocycles. The summed E-state index contributed by atoms with van der Waals surface area (Å²) in [5.41, 5.74) is 7.91. The summed E-state index contributed by atoms with van der Waals surface area (Å²) in [7, 11) is -3.63. The van der Waals surface area contributed by atoms with Gasteiger partial charge in [0.1, 0.15) is 0 Å². The highest BCUT2D eigenvalue weighted by atomic mass is 32.2. The lowest BCUT2D eigenvalue weighted by atomic mass is 9.96. The molecule has 0 aliphatic carbocycles. The van der Waals surface area contributed by atoms with E-state index in [1.54, 1.807) is 0 Å². The Balaban J connectivity index is 1.53. The molecular formula is C24H25N3O3S. The van der Waals surface area contributed by atoms with Crippen LogP contribution in [0, 0.1) is 0 Å². The number of sulfonamides is 1. The summed E-state index contributed by atoms with van der Waals surface area (Å²) in [5.74, 6) is -0.578. The maximum Gasteiger partial charge on any atom is 0.248 e. The smallest absolute Gasteiger partial charge is 0.248 e. The van der Waals surface area contributed by atoms with Crippen molar-refractivity contribution in [2.45, 2.75) is 10.9 Å². The maximum atomic E-state index is 13.1. The van der Waals surface area contributed by atoms with Crippen LogP contribution in [0.5, 0.6) is 0 Å². The Bertz CT molecular complexity index is 1090. The van der Waals surface area contributed by atoms with Gasteiger partial charge < -0.3 is 5.73 Å². The van der Waals surface area contributed by atoms with Crippen LogP contribution < -0.4 is 5.73 Å². The summed E-state index contributed by atoms with van der Waals surface area (Å²) in [6.07, 6.45) is 0. The summed E-state index contributed by atoms with van der Waals surface area (Å²) < 4.78 is 27.7. The highest BCUT2D eigenvalue weighted by Gasteiger charge is 2.32. The Hall–Kier alpha value is -3.00. The van der Waals surface area contributed by atoms with Crippen LogP contribution in [0.2, 0.25) is 0 Å². The van der Waals surface area contributed by atoms with Crippen molar-refractivity contribution in [3.8, 4) is 0 Å². The lowest BCUT2D eigenvalue weighted by molar-refractivity contribution is 0.1000. The largest absolute Gasteiger partial charge is 0.366 e. The summed E-state index contributed by atoms with van der Waals surface area (Å²) in [6.45, 7) is 2.03. The molecule has 7 heteroatoms. The van der Waals surface area contributed by atoms with E-state index < -0.39 is 15.9 Å². The molecule has 0 atom stereocenters. The van der Waals surface area contributed by atoms with Crippen molar-refractivity contribution in [3.05, 3.63) is 102 Å². The molecule has 1 fully saturated rings. The molecular weight excluding hydrogens is 410 g/mol. The van der Waals surface area contributed by atoms with Crippen LogP contribution >= 0.6 is 0 Å². The Morgan fingerprint density at radius 1 is 0.742 bits per heavy atom. The number of primary amides is 1. The molecule has 31 heavy (non-hydrogen) atoms. The van der Waals surface area contributed by atoms with Gasteiger partial charge in [0, 0.05) is 31.7 Å². The molecule has 0 bridgehead atoms.